The van der Waals surface area contributed by atoms with Crippen LogP contribution in [0.15, 0.2) is 30.3 Å². The molecule has 0 spiro atoms. The molecule has 1 heterocycles. The van der Waals surface area contributed by atoms with Crippen LogP contribution in [0.2, 0.25) is 0 Å². The largest absolute Gasteiger partial charge is 0.354 e. The highest BCUT2D eigenvalue weighted by molar-refractivity contribution is 5.83. The monoisotopic (exact) mass is 264 g/mol. The van der Waals surface area contributed by atoms with Gasteiger partial charge in [-0.25, -0.2) is 4.98 Å². The zero-order valence-electron chi connectivity index (χ0n) is 11.7. The minimum atomic E-state index is -0.102. The van der Waals surface area contributed by atoms with Crippen molar-refractivity contribution in [1.29, 1.82) is 10.5 Å². The first-order valence-corrected chi connectivity index (χ1v) is 6.64. The number of hydrogen-bond donors (Lipinski definition) is 0. The smallest absolute Gasteiger partial charge is 0.147 e. The number of para-hydroxylation sites is 1. The molecule has 0 fully saturated rings. The Bertz CT molecular complexity index is 694. The Morgan fingerprint density at radius 1 is 1.30 bits per heavy atom. The Morgan fingerprint density at radius 2 is 2.05 bits per heavy atom. The number of nitriles is 2. The number of rotatable bonds is 4. The van der Waals surface area contributed by atoms with Gasteiger partial charge >= 0.3 is 0 Å². The molecule has 0 saturated heterocycles. The van der Waals surface area contributed by atoms with Crippen molar-refractivity contribution in [2.45, 2.75) is 13.8 Å². The van der Waals surface area contributed by atoms with Gasteiger partial charge in [-0.05, 0) is 26.0 Å². The Morgan fingerprint density at radius 3 is 2.70 bits per heavy atom. The van der Waals surface area contributed by atoms with Crippen molar-refractivity contribution in [3.05, 3.63) is 35.9 Å². The average Bonchev–Trinajstić information content (AvgIpc) is 2.50. The van der Waals surface area contributed by atoms with Crippen LogP contribution in [-0.2, 0) is 0 Å². The van der Waals surface area contributed by atoms with E-state index in [2.05, 4.69) is 17.1 Å². The summed E-state index contributed by atoms with van der Waals surface area (Å²) in [5.74, 6) is 0.561. The third-order valence-corrected chi connectivity index (χ3v) is 3.22. The van der Waals surface area contributed by atoms with Gasteiger partial charge in [-0.15, -0.1) is 0 Å². The summed E-state index contributed by atoms with van der Waals surface area (Å²) < 4.78 is 0. The summed E-state index contributed by atoms with van der Waals surface area (Å²) in [6, 6.07) is 14.0. The maximum atomic E-state index is 9.33. The molecule has 4 nitrogen and oxygen atoms in total. The van der Waals surface area contributed by atoms with E-state index in [-0.39, 0.29) is 5.92 Å². The highest BCUT2D eigenvalue weighted by Gasteiger charge is 2.15. The number of aromatic nitrogens is 1. The first-order chi connectivity index (χ1) is 9.69. The van der Waals surface area contributed by atoms with Gasteiger partial charge < -0.3 is 4.90 Å². The van der Waals surface area contributed by atoms with Gasteiger partial charge in [0.05, 0.1) is 23.1 Å². The van der Waals surface area contributed by atoms with Gasteiger partial charge in [0.1, 0.15) is 11.9 Å². The van der Waals surface area contributed by atoms with Crippen LogP contribution in [0.1, 0.15) is 19.4 Å². The SMILES string of the molecule is CCN(CC(C)C#N)c1nc2ccccc2cc1C#N. The topological polar surface area (TPSA) is 63.7 Å². The van der Waals surface area contributed by atoms with E-state index in [4.69, 9.17) is 5.26 Å². The minimum Gasteiger partial charge on any atom is -0.354 e. The predicted molar refractivity (Wildman–Crippen MR) is 79.1 cm³/mol. The predicted octanol–water partition coefficient (Wildman–Crippen LogP) is 3.09. The second-order valence-corrected chi connectivity index (χ2v) is 4.73. The van der Waals surface area contributed by atoms with Crippen LogP contribution in [0, 0.1) is 28.6 Å². The lowest BCUT2D eigenvalue weighted by Crippen LogP contribution is -2.29. The van der Waals surface area contributed by atoms with Gasteiger partial charge in [-0.1, -0.05) is 18.2 Å². The second-order valence-electron chi connectivity index (χ2n) is 4.73. The molecule has 2 rings (SSSR count). The van der Waals surface area contributed by atoms with E-state index in [1.54, 1.807) is 0 Å². The van der Waals surface area contributed by atoms with Crippen LogP contribution in [0.4, 0.5) is 5.82 Å². The van der Waals surface area contributed by atoms with Gasteiger partial charge in [-0.3, -0.25) is 0 Å². The fourth-order valence-electron chi connectivity index (χ4n) is 2.17. The van der Waals surface area contributed by atoms with Gasteiger partial charge in [0, 0.05) is 18.5 Å². The van der Waals surface area contributed by atoms with Crippen molar-refractivity contribution in [2.24, 2.45) is 5.92 Å². The van der Waals surface area contributed by atoms with E-state index in [0.29, 0.717) is 24.5 Å². The van der Waals surface area contributed by atoms with Crippen LogP contribution in [0.5, 0.6) is 0 Å². The average molecular weight is 264 g/mol. The Hall–Kier alpha value is -2.59. The van der Waals surface area contributed by atoms with Gasteiger partial charge in [-0.2, -0.15) is 10.5 Å². The summed E-state index contributed by atoms with van der Waals surface area (Å²) >= 11 is 0. The van der Waals surface area contributed by atoms with Gasteiger partial charge in [0.15, 0.2) is 0 Å². The lowest BCUT2D eigenvalue weighted by molar-refractivity contribution is 0.680. The molecule has 1 aromatic heterocycles. The van der Waals surface area contributed by atoms with Crippen molar-refractivity contribution >= 4 is 16.7 Å². The molecule has 0 N–H and O–H groups in total. The van der Waals surface area contributed by atoms with E-state index in [1.165, 1.54) is 0 Å². The molecule has 20 heavy (non-hydrogen) atoms. The van der Waals surface area contributed by atoms with Crippen molar-refractivity contribution in [2.75, 3.05) is 18.0 Å². The fraction of sp³-hybridized carbons (Fsp3) is 0.312. The zero-order chi connectivity index (χ0) is 14.5. The van der Waals surface area contributed by atoms with E-state index in [0.717, 1.165) is 10.9 Å². The molecule has 1 aromatic carbocycles. The van der Waals surface area contributed by atoms with Crippen LogP contribution in [0.25, 0.3) is 10.9 Å². The van der Waals surface area contributed by atoms with Crippen molar-refractivity contribution in [3.8, 4) is 12.1 Å². The Balaban J connectivity index is 2.51. The number of nitrogens with zero attached hydrogens (tertiary/aromatic N) is 4. The number of hydrogen-bond acceptors (Lipinski definition) is 4. The van der Waals surface area contributed by atoms with Gasteiger partial charge in [0.2, 0.25) is 0 Å². The fourth-order valence-corrected chi connectivity index (χ4v) is 2.17. The summed E-state index contributed by atoms with van der Waals surface area (Å²) in [6.45, 7) is 5.16. The minimum absolute atomic E-state index is 0.102. The van der Waals surface area contributed by atoms with Crippen LogP contribution < -0.4 is 4.90 Å². The first kappa shape index (κ1) is 13.8. The molecule has 0 amide bonds. The standard InChI is InChI=1S/C16H16N4/c1-3-20(11-12(2)9-17)16-14(10-18)8-13-6-4-5-7-15(13)19-16/h4-8,12H,3,11H2,1-2H3. The van der Waals surface area contributed by atoms with Crippen LogP contribution in [-0.4, -0.2) is 18.1 Å². The summed E-state index contributed by atoms with van der Waals surface area (Å²) in [5, 5.41) is 19.2. The zero-order valence-corrected chi connectivity index (χ0v) is 11.7. The highest BCUT2D eigenvalue weighted by atomic mass is 15.2. The molecule has 0 radical (unpaired) electrons. The van der Waals surface area contributed by atoms with Crippen LogP contribution >= 0.6 is 0 Å². The third-order valence-electron chi connectivity index (χ3n) is 3.22. The quantitative estimate of drug-likeness (QED) is 0.851. The first-order valence-electron chi connectivity index (χ1n) is 6.64. The molecule has 100 valence electrons. The van der Waals surface area contributed by atoms with E-state index in [1.807, 2.05) is 49.1 Å². The molecule has 0 aliphatic carbocycles. The molecule has 0 aliphatic rings. The molecule has 4 heteroatoms. The Labute approximate surface area is 118 Å². The number of pyridine rings is 1. The second kappa shape index (κ2) is 6.04. The van der Waals surface area contributed by atoms with Crippen LogP contribution in [0.3, 0.4) is 0 Å². The normalized spacial score (nSPS) is 11.6. The molecule has 0 saturated carbocycles. The lowest BCUT2D eigenvalue weighted by atomic mass is 10.1. The maximum Gasteiger partial charge on any atom is 0.147 e. The number of fused-ring (bicyclic) bond motifs is 1. The maximum absolute atomic E-state index is 9.33. The molecule has 0 bridgehead atoms. The third kappa shape index (κ3) is 2.70. The highest BCUT2D eigenvalue weighted by Crippen LogP contribution is 2.23. The molecule has 1 unspecified atom stereocenters. The van der Waals surface area contributed by atoms with Crippen molar-refractivity contribution in [3.63, 3.8) is 0 Å². The summed E-state index contributed by atoms with van der Waals surface area (Å²) in [6.07, 6.45) is 0. The van der Waals surface area contributed by atoms with Gasteiger partial charge in [0.25, 0.3) is 0 Å². The molecular formula is C16H16N4. The summed E-state index contributed by atoms with van der Waals surface area (Å²) in [5.41, 5.74) is 1.42. The summed E-state index contributed by atoms with van der Waals surface area (Å²) in [7, 11) is 0. The molecule has 0 aliphatic heterocycles. The van der Waals surface area contributed by atoms with Crippen molar-refractivity contribution < 1.29 is 0 Å². The van der Waals surface area contributed by atoms with E-state index >= 15 is 0 Å². The number of benzene rings is 1. The molecule has 2 aromatic rings. The van der Waals surface area contributed by atoms with Crippen molar-refractivity contribution in [1.82, 2.24) is 4.98 Å². The molecule has 1 atom stereocenters. The Kier molecular flexibility index (Phi) is 4.17. The van der Waals surface area contributed by atoms with E-state index in [9.17, 15) is 5.26 Å². The number of anilines is 1. The van der Waals surface area contributed by atoms with E-state index < -0.39 is 0 Å². The lowest BCUT2D eigenvalue weighted by Gasteiger charge is -2.24. The summed E-state index contributed by atoms with van der Waals surface area (Å²) in [4.78, 5) is 6.58. The molecular weight excluding hydrogens is 248 g/mol.